The lowest BCUT2D eigenvalue weighted by Gasteiger charge is -2.28. The van der Waals surface area contributed by atoms with Crippen LogP contribution in [0.1, 0.15) is 65.7 Å². The molecule has 2 aromatic carbocycles. The highest BCUT2D eigenvalue weighted by atomic mass is 32.1. The number of fused-ring (bicyclic) bond motifs is 1. The Morgan fingerprint density at radius 1 is 1.06 bits per heavy atom. The Labute approximate surface area is 195 Å². The van der Waals surface area contributed by atoms with Crippen LogP contribution >= 0.6 is 11.3 Å². The quantitative estimate of drug-likeness (QED) is 0.419. The smallest absolute Gasteiger partial charge is 0.274 e. The number of nitrogens with zero attached hydrogens (tertiary/aromatic N) is 1. The molecule has 0 fully saturated rings. The minimum absolute atomic E-state index is 0.0367. The van der Waals surface area contributed by atoms with Crippen molar-refractivity contribution in [3.8, 4) is 10.9 Å². The van der Waals surface area contributed by atoms with Crippen LogP contribution in [0.3, 0.4) is 0 Å². The van der Waals surface area contributed by atoms with Gasteiger partial charge in [0, 0.05) is 23.7 Å². The summed E-state index contributed by atoms with van der Waals surface area (Å²) in [6.07, 6.45) is 0.203. The monoisotopic (exact) mass is 456 g/mol. The van der Waals surface area contributed by atoms with Crippen LogP contribution in [0.25, 0.3) is 10.2 Å². The van der Waals surface area contributed by atoms with E-state index in [1.54, 1.807) is 0 Å². The van der Waals surface area contributed by atoms with Crippen LogP contribution in [0.2, 0.25) is 0 Å². The summed E-state index contributed by atoms with van der Waals surface area (Å²) < 4.78 is 12.9. The van der Waals surface area contributed by atoms with E-state index in [1.807, 2.05) is 52.8 Å². The zero-order valence-corrected chi connectivity index (χ0v) is 21.0. The lowest BCUT2D eigenvalue weighted by atomic mass is 9.94. The number of aliphatic hydroxyl groups excluding tert-OH is 1. The second kappa shape index (κ2) is 9.77. The van der Waals surface area contributed by atoms with Crippen molar-refractivity contribution in [1.29, 1.82) is 0 Å². The number of hydrogen-bond donors (Lipinski definition) is 2. The number of nitrogens with one attached hydrogen (secondary N) is 1. The van der Waals surface area contributed by atoms with E-state index in [-0.39, 0.29) is 17.2 Å². The summed E-state index contributed by atoms with van der Waals surface area (Å²) in [6.45, 7) is 14.7. The molecule has 6 heteroatoms. The number of hydrogen-bond acceptors (Lipinski definition) is 6. The highest BCUT2D eigenvalue weighted by molar-refractivity contribution is 7.20. The van der Waals surface area contributed by atoms with Gasteiger partial charge in [0.2, 0.25) is 0 Å². The maximum Gasteiger partial charge on any atom is 0.274 e. The first-order chi connectivity index (χ1) is 14.9. The van der Waals surface area contributed by atoms with E-state index in [1.165, 1.54) is 16.9 Å². The zero-order chi connectivity index (χ0) is 23.5. The van der Waals surface area contributed by atoms with Crippen molar-refractivity contribution in [3.63, 3.8) is 0 Å². The molecule has 3 rings (SSSR count). The van der Waals surface area contributed by atoms with Crippen LogP contribution in [0.5, 0.6) is 10.9 Å². The maximum atomic E-state index is 11.2. The highest BCUT2D eigenvalue weighted by Gasteiger charge is 2.23. The zero-order valence-electron chi connectivity index (χ0n) is 20.2. The molecular weight excluding hydrogens is 420 g/mol. The normalized spacial score (nSPS) is 13.5. The third-order valence-corrected chi connectivity index (χ3v) is 5.87. The molecule has 0 saturated heterocycles. The largest absolute Gasteiger partial charge is 0.488 e. The van der Waals surface area contributed by atoms with E-state index in [0.29, 0.717) is 17.5 Å². The van der Waals surface area contributed by atoms with Crippen LogP contribution in [-0.4, -0.2) is 33.9 Å². The summed E-state index contributed by atoms with van der Waals surface area (Å²) in [5.41, 5.74) is 2.34. The second-order valence-electron chi connectivity index (χ2n) is 10.2. The molecule has 0 bridgehead atoms. The van der Waals surface area contributed by atoms with Crippen molar-refractivity contribution in [3.05, 3.63) is 53.6 Å². The van der Waals surface area contributed by atoms with Gasteiger partial charge >= 0.3 is 0 Å². The Morgan fingerprint density at radius 2 is 1.75 bits per heavy atom. The predicted molar refractivity (Wildman–Crippen MR) is 133 cm³/mol. The van der Waals surface area contributed by atoms with Crippen molar-refractivity contribution >= 4 is 21.6 Å². The van der Waals surface area contributed by atoms with Crippen molar-refractivity contribution in [2.45, 2.75) is 78.2 Å². The van der Waals surface area contributed by atoms with Crippen molar-refractivity contribution in [2.75, 3.05) is 6.54 Å². The van der Waals surface area contributed by atoms with Crippen LogP contribution < -0.4 is 14.8 Å². The molecular formula is C26H36N2O3S. The second-order valence-corrected chi connectivity index (χ2v) is 11.1. The molecule has 0 spiro atoms. The molecule has 0 aliphatic carbocycles. The van der Waals surface area contributed by atoms with Gasteiger partial charge in [0.05, 0.1) is 22.4 Å². The van der Waals surface area contributed by atoms with Crippen molar-refractivity contribution < 1.29 is 14.6 Å². The standard InChI is InChI=1S/C26H36N2O3S/c1-17(2)30-24-28-21-14-19(31-25(3,4)5)13-20(23(21)32-24)22(29)16-27-26(6,7)15-18-11-9-8-10-12-18/h8-14,17,22,27,29H,15-16H2,1-7H3/t22-/m1/s1. The lowest BCUT2D eigenvalue weighted by molar-refractivity contribution is 0.129. The van der Waals surface area contributed by atoms with Gasteiger partial charge in [-0.05, 0) is 66.5 Å². The van der Waals surface area contributed by atoms with E-state index in [9.17, 15) is 5.11 Å². The fourth-order valence-electron chi connectivity index (χ4n) is 3.58. The SMILES string of the molecule is CC(C)Oc1nc2cc(OC(C)(C)C)cc([C@H](O)CNC(C)(C)Cc3ccccc3)c2s1. The van der Waals surface area contributed by atoms with Gasteiger partial charge in [-0.15, -0.1) is 0 Å². The molecule has 1 aromatic heterocycles. The van der Waals surface area contributed by atoms with Crippen LogP contribution in [0, 0.1) is 0 Å². The van der Waals surface area contributed by atoms with E-state index >= 15 is 0 Å². The average Bonchev–Trinajstić information content (AvgIpc) is 3.06. The molecule has 174 valence electrons. The molecule has 1 heterocycles. The molecule has 3 aromatic rings. The number of ether oxygens (including phenoxy) is 2. The van der Waals surface area contributed by atoms with E-state index in [0.717, 1.165) is 22.2 Å². The van der Waals surface area contributed by atoms with Gasteiger partial charge in [-0.1, -0.05) is 41.7 Å². The van der Waals surface area contributed by atoms with Gasteiger partial charge in [-0.2, -0.15) is 0 Å². The summed E-state index contributed by atoms with van der Waals surface area (Å²) in [7, 11) is 0. The first-order valence-corrected chi connectivity index (χ1v) is 12.0. The molecule has 0 unspecified atom stereocenters. The molecule has 0 saturated carbocycles. The number of benzene rings is 2. The minimum Gasteiger partial charge on any atom is -0.488 e. The molecule has 2 N–H and O–H groups in total. The molecule has 0 amide bonds. The Kier molecular flexibility index (Phi) is 7.48. The molecule has 1 atom stereocenters. The van der Waals surface area contributed by atoms with Gasteiger partial charge in [0.15, 0.2) is 0 Å². The summed E-state index contributed by atoms with van der Waals surface area (Å²) >= 11 is 1.47. The predicted octanol–water partition coefficient (Wildman–Crippen LogP) is 5.91. The fourth-order valence-corrected chi connectivity index (χ4v) is 4.66. The summed E-state index contributed by atoms with van der Waals surface area (Å²) in [6, 6.07) is 14.2. The number of rotatable bonds is 9. The average molecular weight is 457 g/mol. The van der Waals surface area contributed by atoms with E-state index in [2.05, 4.69) is 48.4 Å². The van der Waals surface area contributed by atoms with Crippen LogP contribution in [0.4, 0.5) is 0 Å². The molecule has 0 aliphatic rings. The number of aliphatic hydroxyl groups is 1. The van der Waals surface area contributed by atoms with E-state index < -0.39 is 6.10 Å². The van der Waals surface area contributed by atoms with Gasteiger partial charge in [0.1, 0.15) is 11.4 Å². The first kappa shape index (κ1) is 24.5. The van der Waals surface area contributed by atoms with Gasteiger partial charge in [-0.3, -0.25) is 0 Å². The van der Waals surface area contributed by atoms with Gasteiger partial charge < -0.3 is 19.9 Å². The minimum atomic E-state index is -0.705. The molecule has 0 aliphatic heterocycles. The fraction of sp³-hybridized carbons (Fsp3) is 0.500. The Morgan fingerprint density at radius 3 is 2.38 bits per heavy atom. The van der Waals surface area contributed by atoms with Crippen molar-refractivity contribution in [1.82, 2.24) is 10.3 Å². The third-order valence-electron chi connectivity index (χ3n) is 4.86. The Bertz CT molecular complexity index is 1020. The lowest BCUT2D eigenvalue weighted by Crippen LogP contribution is -2.43. The van der Waals surface area contributed by atoms with Gasteiger partial charge in [0.25, 0.3) is 5.19 Å². The van der Waals surface area contributed by atoms with Crippen LogP contribution in [-0.2, 0) is 6.42 Å². The Balaban J connectivity index is 1.84. The summed E-state index contributed by atoms with van der Waals surface area (Å²) in [4.78, 5) is 4.64. The number of thiazole rings is 1. The van der Waals surface area contributed by atoms with Crippen molar-refractivity contribution in [2.24, 2.45) is 0 Å². The molecule has 0 radical (unpaired) electrons. The highest BCUT2D eigenvalue weighted by Crippen LogP contribution is 2.37. The maximum absolute atomic E-state index is 11.2. The Hall–Kier alpha value is -2.15. The van der Waals surface area contributed by atoms with E-state index in [4.69, 9.17) is 9.47 Å². The van der Waals surface area contributed by atoms with Gasteiger partial charge in [-0.25, -0.2) is 4.98 Å². The number of aromatic nitrogens is 1. The molecule has 5 nitrogen and oxygen atoms in total. The summed E-state index contributed by atoms with van der Waals surface area (Å²) in [5.74, 6) is 0.698. The third kappa shape index (κ3) is 6.92. The molecule has 32 heavy (non-hydrogen) atoms. The van der Waals surface area contributed by atoms with Crippen LogP contribution in [0.15, 0.2) is 42.5 Å². The summed E-state index contributed by atoms with van der Waals surface area (Å²) in [5, 5.41) is 15.3. The first-order valence-electron chi connectivity index (χ1n) is 11.2. The number of β-amino-alcohol motifs (C(OH)–C–C–N with tert-alkyl or cyclic N) is 1. The topological polar surface area (TPSA) is 63.6 Å².